The van der Waals surface area contributed by atoms with Gasteiger partial charge in [-0.3, -0.25) is 0 Å². The highest BCUT2D eigenvalue weighted by molar-refractivity contribution is 7.89. The summed E-state index contributed by atoms with van der Waals surface area (Å²) in [7, 11) is -4.11. The van der Waals surface area contributed by atoms with Crippen LogP contribution in [0, 0.1) is 5.82 Å². The number of carbonyl (C=O) groups excluding carboxylic acids is 1. The third-order valence-electron chi connectivity index (χ3n) is 5.37. The molecular weight excluding hydrogens is 448 g/mol. The zero-order valence-electron chi connectivity index (χ0n) is 16.3. The molecule has 1 spiro atoms. The van der Waals surface area contributed by atoms with Crippen molar-refractivity contribution in [1.29, 1.82) is 0 Å². The first-order valence-electron chi connectivity index (χ1n) is 9.50. The minimum Gasteiger partial charge on any atom is -0.434 e. The minimum atomic E-state index is -4.89. The fourth-order valence-corrected chi connectivity index (χ4v) is 5.17. The number of piperidine rings is 1. The van der Waals surface area contributed by atoms with Gasteiger partial charge in [-0.2, -0.15) is 17.5 Å². The lowest BCUT2D eigenvalue weighted by atomic mass is 9.90. The largest absolute Gasteiger partial charge is 0.434 e. The highest BCUT2D eigenvalue weighted by Crippen LogP contribution is 2.33. The maximum absolute atomic E-state index is 14.0. The van der Waals surface area contributed by atoms with Crippen LogP contribution in [0.3, 0.4) is 0 Å². The molecule has 31 heavy (non-hydrogen) atoms. The molecule has 13 heteroatoms. The minimum absolute atomic E-state index is 0.0218. The molecule has 1 atom stereocenters. The molecule has 0 aromatic heterocycles. The van der Waals surface area contributed by atoms with Crippen LogP contribution in [-0.4, -0.2) is 86.1 Å². The Morgan fingerprint density at radius 2 is 1.87 bits per heavy atom. The first-order valence-corrected chi connectivity index (χ1v) is 10.9. The summed E-state index contributed by atoms with van der Waals surface area (Å²) < 4.78 is 89.1. The van der Waals surface area contributed by atoms with Crippen LogP contribution in [0.1, 0.15) is 12.8 Å². The van der Waals surface area contributed by atoms with E-state index in [1.807, 2.05) is 0 Å². The second-order valence-electron chi connectivity index (χ2n) is 7.38. The lowest BCUT2D eigenvalue weighted by Crippen LogP contribution is -2.58. The molecule has 1 N–H and O–H groups in total. The summed E-state index contributed by atoms with van der Waals surface area (Å²) in [5, 5.41) is 8.80. The Bertz CT molecular complexity index is 903. The van der Waals surface area contributed by atoms with Gasteiger partial charge in [0, 0.05) is 26.2 Å². The number of aliphatic hydroxyl groups excluding tert-OH is 1. The molecule has 2 heterocycles. The second kappa shape index (κ2) is 8.88. The van der Waals surface area contributed by atoms with Crippen LogP contribution in [0.5, 0.6) is 0 Å². The number of amides is 1. The Labute approximate surface area is 176 Å². The predicted octanol–water partition coefficient (Wildman–Crippen LogP) is 1.74. The molecule has 2 aliphatic heterocycles. The first-order chi connectivity index (χ1) is 14.5. The molecule has 1 amide bonds. The number of morpholine rings is 1. The zero-order chi connectivity index (χ0) is 22.9. The molecule has 2 saturated heterocycles. The molecule has 3 rings (SSSR count). The molecule has 1 aromatic rings. The van der Waals surface area contributed by atoms with Gasteiger partial charge in [0.1, 0.15) is 10.7 Å². The van der Waals surface area contributed by atoms with Crippen molar-refractivity contribution in [2.45, 2.75) is 35.6 Å². The number of nitrogens with zero attached hydrogens (tertiary/aromatic N) is 2. The van der Waals surface area contributed by atoms with Crippen molar-refractivity contribution in [3.63, 3.8) is 0 Å². The maximum atomic E-state index is 14.0. The van der Waals surface area contributed by atoms with Crippen LogP contribution >= 0.6 is 0 Å². The number of alkyl halides is 3. The van der Waals surface area contributed by atoms with E-state index >= 15 is 0 Å². The predicted molar refractivity (Wildman–Crippen MR) is 98.1 cm³/mol. The summed E-state index contributed by atoms with van der Waals surface area (Å²) in [6, 6.07) is 5.01. The summed E-state index contributed by atoms with van der Waals surface area (Å²) in [5.41, 5.74) is -0.951. The van der Waals surface area contributed by atoms with Crippen molar-refractivity contribution in [3.05, 3.63) is 30.1 Å². The topological polar surface area (TPSA) is 96.4 Å². The third kappa shape index (κ3) is 5.10. The van der Waals surface area contributed by atoms with E-state index in [1.54, 1.807) is 0 Å². The van der Waals surface area contributed by atoms with Crippen LogP contribution in [-0.2, 0) is 19.5 Å². The van der Waals surface area contributed by atoms with E-state index in [9.17, 15) is 30.8 Å². The molecule has 1 unspecified atom stereocenters. The smallest absolute Gasteiger partial charge is 0.427 e. The number of rotatable bonds is 4. The van der Waals surface area contributed by atoms with Gasteiger partial charge in [0.15, 0.2) is 0 Å². The molecule has 0 bridgehead atoms. The molecule has 2 fully saturated rings. The second-order valence-corrected chi connectivity index (χ2v) is 9.29. The molecule has 2 aliphatic rings. The summed E-state index contributed by atoms with van der Waals surface area (Å²) >= 11 is 0. The van der Waals surface area contributed by atoms with E-state index in [2.05, 4.69) is 4.74 Å². The van der Waals surface area contributed by atoms with Gasteiger partial charge in [-0.25, -0.2) is 17.6 Å². The Hall–Kier alpha value is -1.96. The highest BCUT2D eigenvalue weighted by Gasteiger charge is 2.46. The summed E-state index contributed by atoms with van der Waals surface area (Å²) in [4.78, 5) is 12.6. The molecule has 0 radical (unpaired) electrons. The molecule has 1 aromatic carbocycles. The van der Waals surface area contributed by atoms with Gasteiger partial charge in [0.2, 0.25) is 16.1 Å². The Kier molecular flexibility index (Phi) is 6.79. The van der Waals surface area contributed by atoms with Gasteiger partial charge in [0.05, 0.1) is 18.8 Å². The highest BCUT2D eigenvalue weighted by atomic mass is 32.2. The third-order valence-corrected chi connectivity index (χ3v) is 7.25. The molecule has 8 nitrogen and oxygen atoms in total. The SMILES string of the molecule is O=C(OC(CO)C(F)(F)F)N1CCC2(CC1)CN(S(=O)(=O)c1ccccc1F)CCO2. The van der Waals surface area contributed by atoms with E-state index in [1.165, 1.54) is 18.2 Å². The average molecular weight is 470 g/mol. The standard InChI is InChI=1S/C18H22F4N2O6S/c19-13-3-1-2-4-14(13)31(27,28)24-9-10-29-17(12-24)5-7-23(8-6-17)16(26)30-15(11-25)18(20,21)22/h1-4,15,25H,5-12H2. The number of benzene rings is 1. The quantitative estimate of drug-likeness (QED) is 0.674. The van der Waals surface area contributed by atoms with Crippen LogP contribution in [0.25, 0.3) is 0 Å². The van der Waals surface area contributed by atoms with Crippen molar-refractivity contribution in [2.75, 3.05) is 39.4 Å². The molecule has 174 valence electrons. The lowest BCUT2D eigenvalue weighted by Gasteiger charge is -2.46. The van der Waals surface area contributed by atoms with Gasteiger partial charge < -0.3 is 19.5 Å². The maximum Gasteiger partial charge on any atom is 0.427 e. The Morgan fingerprint density at radius 1 is 1.23 bits per heavy atom. The van der Waals surface area contributed by atoms with E-state index in [0.29, 0.717) is 0 Å². The van der Waals surface area contributed by atoms with E-state index in [4.69, 9.17) is 9.84 Å². The summed E-state index contributed by atoms with van der Waals surface area (Å²) in [5.74, 6) is -0.872. The van der Waals surface area contributed by atoms with Crippen molar-refractivity contribution in [2.24, 2.45) is 0 Å². The number of carbonyl (C=O) groups is 1. The van der Waals surface area contributed by atoms with Gasteiger partial charge in [-0.1, -0.05) is 12.1 Å². The van der Waals surface area contributed by atoms with Crippen LogP contribution in [0.2, 0.25) is 0 Å². The first kappa shape index (κ1) is 23.7. The number of ether oxygens (including phenoxy) is 2. The number of likely N-dealkylation sites (tertiary alicyclic amines) is 1. The van der Waals surface area contributed by atoms with Crippen LogP contribution in [0.15, 0.2) is 29.2 Å². The number of sulfonamides is 1. The van der Waals surface area contributed by atoms with Crippen LogP contribution < -0.4 is 0 Å². The molecular formula is C18H22F4N2O6S. The van der Waals surface area contributed by atoms with Gasteiger partial charge >= 0.3 is 12.3 Å². The van der Waals surface area contributed by atoms with Crippen LogP contribution in [0.4, 0.5) is 22.4 Å². The Balaban J connectivity index is 1.65. The van der Waals surface area contributed by atoms with Gasteiger partial charge in [-0.05, 0) is 25.0 Å². The van der Waals surface area contributed by atoms with Gasteiger partial charge in [0.25, 0.3) is 0 Å². The summed E-state index contributed by atoms with van der Waals surface area (Å²) in [6.45, 7) is -1.44. The average Bonchev–Trinajstić information content (AvgIpc) is 2.71. The van der Waals surface area contributed by atoms with E-state index < -0.39 is 51.3 Å². The van der Waals surface area contributed by atoms with E-state index in [0.717, 1.165) is 15.3 Å². The molecule has 0 saturated carbocycles. The fraction of sp³-hybridized carbons (Fsp3) is 0.611. The van der Waals surface area contributed by atoms with Crippen molar-refractivity contribution in [3.8, 4) is 0 Å². The Morgan fingerprint density at radius 3 is 2.45 bits per heavy atom. The van der Waals surface area contributed by atoms with Crippen molar-refractivity contribution < 1.29 is 45.4 Å². The number of hydrogen-bond donors (Lipinski definition) is 1. The lowest BCUT2D eigenvalue weighted by molar-refractivity contribution is -0.215. The number of halogens is 4. The normalized spacial score (nSPS) is 21.1. The van der Waals surface area contributed by atoms with E-state index in [-0.39, 0.29) is 45.6 Å². The van der Waals surface area contributed by atoms with Crippen molar-refractivity contribution in [1.82, 2.24) is 9.21 Å². The number of aliphatic hydroxyl groups is 1. The summed E-state index contributed by atoms with van der Waals surface area (Å²) in [6.07, 6.45) is -8.43. The van der Waals surface area contributed by atoms with Gasteiger partial charge in [-0.15, -0.1) is 0 Å². The monoisotopic (exact) mass is 470 g/mol. The zero-order valence-corrected chi connectivity index (χ0v) is 17.2. The fourth-order valence-electron chi connectivity index (χ4n) is 3.61. The number of hydrogen-bond acceptors (Lipinski definition) is 6. The molecule has 0 aliphatic carbocycles. The van der Waals surface area contributed by atoms with Crippen molar-refractivity contribution >= 4 is 16.1 Å².